The van der Waals surface area contributed by atoms with Crippen molar-refractivity contribution in [3.63, 3.8) is 0 Å². The Morgan fingerprint density at radius 1 is 0.941 bits per heavy atom. The minimum atomic E-state index is -4.63. The fraction of sp³-hybridized carbons (Fsp3) is 0.0870. The average molecular weight is 510 g/mol. The molecule has 176 valence electrons. The van der Waals surface area contributed by atoms with Crippen molar-refractivity contribution in [2.24, 2.45) is 5.10 Å². The fourth-order valence-corrected chi connectivity index (χ4v) is 2.97. The average Bonchev–Trinajstić information content (AvgIpc) is 2.80. The number of rotatable bonds is 6. The lowest BCUT2D eigenvalue weighted by Crippen LogP contribution is -2.32. The highest BCUT2D eigenvalue weighted by atomic mass is 35.5. The summed E-state index contributed by atoms with van der Waals surface area (Å²) < 4.78 is 44.1. The van der Waals surface area contributed by atoms with Crippen molar-refractivity contribution in [3.8, 4) is 5.75 Å². The molecule has 0 saturated carbocycles. The molecule has 0 saturated heterocycles. The first-order chi connectivity index (χ1) is 16.1. The summed E-state index contributed by atoms with van der Waals surface area (Å²) in [6, 6.07) is 16.4. The van der Waals surface area contributed by atoms with E-state index in [-0.39, 0.29) is 17.3 Å². The molecule has 34 heavy (non-hydrogen) atoms. The lowest BCUT2D eigenvalue weighted by atomic mass is 10.2. The van der Waals surface area contributed by atoms with Gasteiger partial charge in [0.05, 0.1) is 22.5 Å². The first-order valence-corrected chi connectivity index (χ1v) is 10.4. The third-order valence-corrected chi connectivity index (χ3v) is 5.06. The minimum absolute atomic E-state index is 0.158. The van der Waals surface area contributed by atoms with Crippen LogP contribution in [0.3, 0.4) is 0 Å². The maximum absolute atomic E-state index is 12.8. The van der Waals surface area contributed by atoms with Gasteiger partial charge in [0.2, 0.25) is 0 Å². The van der Waals surface area contributed by atoms with Crippen molar-refractivity contribution in [2.45, 2.75) is 12.8 Å². The van der Waals surface area contributed by atoms with Crippen LogP contribution in [-0.4, -0.2) is 18.0 Å². The molecule has 0 atom stereocenters. The molecule has 0 radical (unpaired) electrons. The maximum Gasteiger partial charge on any atom is 0.416 e. The van der Waals surface area contributed by atoms with Crippen LogP contribution in [0.15, 0.2) is 71.8 Å². The zero-order valence-corrected chi connectivity index (χ0v) is 18.7. The van der Waals surface area contributed by atoms with Gasteiger partial charge >= 0.3 is 18.0 Å². The number of anilines is 1. The van der Waals surface area contributed by atoms with Gasteiger partial charge in [-0.25, -0.2) is 5.43 Å². The lowest BCUT2D eigenvalue weighted by Gasteiger charge is -2.11. The fourth-order valence-electron chi connectivity index (χ4n) is 2.62. The van der Waals surface area contributed by atoms with Gasteiger partial charge in [0, 0.05) is 10.6 Å². The highest BCUT2D eigenvalue weighted by Gasteiger charge is 2.31. The number of amides is 2. The van der Waals surface area contributed by atoms with Gasteiger partial charge in [-0.1, -0.05) is 41.4 Å². The molecular formula is C23H16Cl2F3N3O3. The Morgan fingerprint density at radius 3 is 2.32 bits per heavy atom. The number of nitrogens with zero attached hydrogens (tertiary/aromatic N) is 1. The van der Waals surface area contributed by atoms with Crippen molar-refractivity contribution in [1.82, 2.24) is 5.43 Å². The van der Waals surface area contributed by atoms with Gasteiger partial charge in [-0.3, -0.25) is 9.59 Å². The van der Waals surface area contributed by atoms with Crippen LogP contribution in [0.5, 0.6) is 5.75 Å². The van der Waals surface area contributed by atoms with Crippen LogP contribution in [0.4, 0.5) is 18.9 Å². The van der Waals surface area contributed by atoms with E-state index in [1.807, 2.05) is 28.9 Å². The van der Waals surface area contributed by atoms with E-state index in [0.29, 0.717) is 22.4 Å². The van der Waals surface area contributed by atoms with Crippen molar-refractivity contribution in [2.75, 3.05) is 5.32 Å². The number of halogens is 5. The quantitative estimate of drug-likeness (QED) is 0.255. The van der Waals surface area contributed by atoms with Gasteiger partial charge in [0.15, 0.2) is 0 Å². The first kappa shape index (κ1) is 25.1. The van der Waals surface area contributed by atoms with E-state index in [4.69, 9.17) is 27.9 Å². The number of hydrazone groups is 1. The molecular weight excluding hydrogens is 494 g/mol. The number of ether oxygens (including phenoxy) is 1. The summed E-state index contributed by atoms with van der Waals surface area (Å²) in [4.78, 5) is 23.9. The molecule has 2 N–H and O–H groups in total. The van der Waals surface area contributed by atoms with Crippen LogP contribution in [0, 0.1) is 0 Å². The molecule has 0 spiro atoms. The molecule has 2 amide bonds. The molecule has 0 unspecified atom stereocenters. The lowest BCUT2D eigenvalue weighted by molar-refractivity contribution is -0.137. The third kappa shape index (κ3) is 6.97. The summed E-state index contributed by atoms with van der Waals surface area (Å²) in [6.07, 6.45) is -3.36. The van der Waals surface area contributed by atoms with Gasteiger partial charge < -0.3 is 10.1 Å². The van der Waals surface area contributed by atoms with Crippen LogP contribution in [0.2, 0.25) is 10.0 Å². The summed E-state index contributed by atoms with van der Waals surface area (Å²) >= 11 is 11.9. The Balaban J connectivity index is 1.52. The number of nitrogens with one attached hydrogen (secondary N) is 2. The zero-order valence-electron chi connectivity index (χ0n) is 17.2. The maximum atomic E-state index is 12.8. The Morgan fingerprint density at radius 2 is 1.65 bits per heavy atom. The van der Waals surface area contributed by atoms with Gasteiger partial charge in [0.1, 0.15) is 12.4 Å². The van der Waals surface area contributed by atoms with E-state index in [1.54, 1.807) is 30.3 Å². The summed E-state index contributed by atoms with van der Waals surface area (Å²) in [5.74, 6) is -1.84. The molecule has 0 heterocycles. The Labute approximate surface area is 202 Å². The number of hydrogen-bond donors (Lipinski definition) is 2. The topological polar surface area (TPSA) is 79.8 Å². The second kappa shape index (κ2) is 11.0. The highest BCUT2D eigenvalue weighted by molar-refractivity contribution is 6.41. The van der Waals surface area contributed by atoms with Crippen molar-refractivity contribution >= 4 is 46.9 Å². The van der Waals surface area contributed by atoms with Crippen molar-refractivity contribution < 1.29 is 27.5 Å². The van der Waals surface area contributed by atoms with E-state index in [9.17, 15) is 22.8 Å². The number of hydrogen-bond acceptors (Lipinski definition) is 4. The van der Waals surface area contributed by atoms with Gasteiger partial charge in [-0.2, -0.15) is 18.3 Å². The second-order valence-electron chi connectivity index (χ2n) is 6.79. The molecule has 6 nitrogen and oxygen atoms in total. The molecule has 0 aromatic heterocycles. The molecule has 0 aliphatic heterocycles. The smallest absolute Gasteiger partial charge is 0.416 e. The normalized spacial score (nSPS) is 11.3. The Bertz CT molecular complexity index is 1220. The molecule has 0 fully saturated rings. The summed E-state index contributed by atoms with van der Waals surface area (Å²) in [5, 5.41) is 6.13. The zero-order chi connectivity index (χ0) is 24.7. The molecule has 0 bridgehead atoms. The van der Waals surface area contributed by atoms with Gasteiger partial charge in [0.25, 0.3) is 0 Å². The SMILES string of the molecule is O=C(N/N=C/c1ccc(OCc2ccccc2Cl)cc1)C(=O)Nc1cc(C(F)(F)F)ccc1Cl. The van der Waals surface area contributed by atoms with Gasteiger partial charge in [-0.05, 0) is 54.1 Å². The van der Waals surface area contributed by atoms with Crippen LogP contribution in [0.1, 0.15) is 16.7 Å². The van der Waals surface area contributed by atoms with E-state index in [0.717, 1.165) is 17.7 Å². The molecule has 3 aromatic carbocycles. The van der Waals surface area contributed by atoms with E-state index in [2.05, 4.69) is 5.10 Å². The standard InChI is InChI=1S/C23H16Cl2F3N3O3/c24-18-4-2-1-3-15(18)13-34-17-8-5-14(6-9-17)12-29-31-22(33)21(32)30-20-11-16(23(26,27)28)7-10-19(20)25/h1-12H,13H2,(H,30,32)(H,31,33)/b29-12+. The van der Waals surface area contributed by atoms with Crippen LogP contribution < -0.4 is 15.5 Å². The first-order valence-electron chi connectivity index (χ1n) is 9.61. The minimum Gasteiger partial charge on any atom is -0.489 e. The predicted octanol–water partition coefficient (Wildman–Crippen LogP) is 5.68. The van der Waals surface area contributed by atoms with Crippen molar-refractivity contribution in [1.29, 1.82) is 0 Å². The number of carbonyl (C=O) groups excluding carboxylic acids is 2. The van der Waals surface area contributed by atoms with Crippen LogP contribution in [0.25, 0.3) is 0 Å². The molecule has 0 aliphatic rings. The Hall–Kier alpha value is -3.56. The monoisotopic (exact) mass is 509 g/mol. The highest BCUT2D eigenvalue weighted by Crippen LogP contribution is 2.33. The van der Waals surface area contributed by atoms with Crippen LogP contribution in [-0.2, 0) is 22.4 Å². The molecule has 11 heteroatoms. The Kier molecular flexibility index (Phi) is 8.14. The number of carbonyl (C=O) groups is 2. The van der Waals surface area contributed by atoms with E-state index >= 15 is 0 Å². The second-order valence-corrected chi connectivity index (χ2v) is 7.61. The molecule has 3 rings (SSSR count). The largest absolute Gasteiger partial charge is 0.489 e. The molecule has 0 aliphatic carbocycles. The van der Waals surface area contributed by atoms with E-state index in [1.165, 1.54) is 6.21 Å². The van der Waals surface area contributed by atoms with Crippen LogP contribution >= 0.6 is 23.2 Å². The number of alkyl halides is 3. The summed E-state index contributed by atoms with van der Waals surface area (Å²) in [7, 11) is 0. The van der Waals surface area contributed by atoms with Crippen molar-refractivity contribution in [3.05, 3.63) is 93.5 Å². The predicted molar refractivity (Wildman–Crippen MR) is 123 cm³/mol. The van der Waals surface area contributed by atoms with Gasteiger partial charge in [-0.15, -0.1) is 0 Å². The molecule has 3 aromatic rings. The number of benzene rings is 3. The van der Waals surface area contributed by atoms with E-state index < -0.39 is 23.6 Å². The summed E-state index contributed by atoms with van der Waals surface area (Å²) in [6.45, 7) is 0.286. The summed E-state index contributed by atoms with van der Waals surface area (Å²) in [5.41, 5.74) is 2.04. The third-order valence-electron chi connectivity index (χ3n) is 4.36.